The molecule has 3 nitrogen and oxygen atoms in total. The molecule has 0 N–H and O–H groups in total. The van der Waals surface area contributed by atoms with Crippen molar-refractivity contribution in [1.82, 2.24) is 4.31 Å². The monoisotopic (exact) mass is 399 g/mol. The van der Waals surface area contributed by atoms with E-state index in [0.717, 1.165) is 24.0 Å². The van der Waals surface area contributed by atoms with Crippen molar-refractivity contribution in [3.8, 4) is 0 Å². The lowest BCUT2D eigenvalue weighted by Gasteiger charge is -2.41. The Hall–Kier alpha value is -1.75. The largest absolute Gasteiger partial charge is 0.597 e. The Balaban J connectivity index is 2.53. The lowest BCUT2D eigenvalue weighted by Crippen LogP contribution is -2.53. The van der Waals surface area contributed by atoms with Gasteiger partial charge < -0.3 is 9.29 Å². The third-order valence-electron chi connectivity index (χ3n) is 4.56. The Morgan fingerprint density at radius 1 is 1.36 bits per heavy atom. The molecule has 0 saturated heterocycles. The van der Waals surface area contributed by atoms with E-state index in [1.165, 1.54) is 0 Å². The number of hydrogen-bond acceptors (Lipinski definition) is 3. The molecule has 0 saturated carbocycles. The molecule has 1 aromatic carbocycles. The summed E-state index contributed by atoms with van der Waals surface area (Å²) < 4.78 is 21.4. The molecule has 0 radical (unpaired) electrons. The number of nitrogens with zero attached hydrogens (tertiary/aromatic N) is 1. The summed E-state index contributed by atoms with van der Waals surface area (Å²) in [6.45, 7) is 12.5. The predicted octanol–water partition coefficient (Wildman–Crippen LogP) is 5.70. The van der Waals surface area contributed by atoms with Crippen molar-refractivity contribution < 1.29 is 9.29 Å². The maximum atomic E-state index is 13.7. The van der Waals surface area contributed by atoms with Crippen LogP contribution in [0.25, 0.3) is 0 Å². The van der Waals surface area contributed by atoms with Gasteiger partial charge in [-0.05, 0) is 57.7 Å². The molecular weight excluding hydrogens is 366 g/mol. The molecule has 0 amide bonds. The van der Waals surface area contributed by atoms with Gasteiger partial charge in [0.05, 0.1) is 12.8 Å². The van der Waals surface area contributed by atoms with Gasteiger partial charge in [0.2, 0.25) is 0 Å². The van der Waals surface area contributed by atoms with Crippen molar-refractivity contribution >= 4 is 11.4 Å². The molecule has 28 heavy (non-hydrogen) atoms. The molecule has 0 aromatic heterocycles. The molecule has 0 bridgehead atoms. The van der Waals surface area contributed by atoms with E-state index in [-0.39, 0.29) is 16.9 Å². The van der Waals surface area contributed by atoms with Crippen molar-refractivity contribution in [3.05, 3.63) is 84.7 Å². The van der Waals surface area contributed by atoms with Crippen LogP contribution in [0.5, 0.6) is 0 Å². The molecule has 0 spiro atoms. The summed E-state index contributed by atoms with van der Waals surface area (Å²) in [5.74, 6) is 0. The lowest BCUT2D eigenvalue weighted by atomic mass is 9.95. The minimum atomic E-state index is -1.21. The van der Waals surface area contributed by atoms with E-state index in [9.17, 15) is 4.55 Å². The Kier molecular flexibility index (Phi) is 8.61. The third-order valence-corrected chi connectivity index (χ3v) is 6.39. The van der Waals surface area contributed by atoms with Crippen LogP contribution >= 0.6 is 0 Å². The van der Waals surface area contributed by atoms with Crippen LogP contribution < -0.4 is 0 Å². The Morgan fingerprint density at radius 3 is 2.61 bits per heavy atom. The van der Waals surface area contributed by atoms with Crippen molar-refractivity contribution in [2.75, 3.05) is 0 Å². The average molecular weight is 400 g/mol. The van der Waals surface area contributed by atoms with Gasteiger partial charge in [0.25, 0.3) is 0 Å². The molecule has 1 aromatic rings. The molecule has 1 heterocycles. The number of ether oxygens (including phenoxy) is 1. The van der Waals surface area contributed by atoms with Gasteiger partial charge in [0.15, 0.2) is 0 Å². The molecule has 0 aliphatic carbocycles. The fourth-order valence-corrected chi connectivity index (χ4v) is 4.74. The second-order valence-corrected chi connectivity index (χ2v) is 10.1. The van der Waals surface area contributed by atoms with Gasteiger partial charge in [0.1, 0.15) is 16.9 Å². The molecule has 152 valence electrons. The smallest absolute Gasteiger partial charge is 0.137 e. The van der Waals surface area contributed by atoms with E-state index in [1.807, 2.05) is 64.1 Å². The quantitative estimate of drug-likeness (QED) is 0.415. The summed E-state index contributed by atoms with van der Waals surface area (Å²) in [6, 6.07) is 10.1. The minimum Gasteiger partial charge on any atom is -0.597 e. The number of allylic oxidation sites excluding steroid dienone is 4. The van der Waals surface area contributed by atoms with E-state index >= 15 is 0 Å². The summed E-state index contributed by atoms with van der Waals surface area (Å²) in [5.41, 5.74) is 2.20. The van der Waals surface area contributed by atoms with Crippen LogP contribution in [0.3, 0.4) is 0 Å². The number of benzene rings is 1. The highest BCUT2D eigenvalue weighted by Crippen LogP contribution is 2.32. The molecule has 3 atom stereocenters. The summed E-state index contributed by atoms with van der Waals surface area (Å²) in [4.78, 5) is 0. The number of hydrogen-bond donors (Lipinski definition) is 0. The first-order valence-corrected chi connectivity index (χ1v) is 11.0. The van der Waals surface area contributed by atoms with Gasteiger partial charge in [0, 0.05) is 11.4 Å². The predicted molar refractivity (Wildman–Crippen MR) is 120 cm³/mol. The van der Waals surface area contributed by atoms with Crippen LogP contribution in [0.15, 0.2) is 79.1 Å². The molecule has 4 heteroatoms. The highest BCUT2D eigenvalue weighted by atomic mass is 32.2. The Bertz CT molecular complexity index is 703. The lowest BCUT2D eigenvalue weighted by molar-refractivity contribution is 0.0694. The van der Waals surface area contributed by atoms with Crippen LogP contribution in [0.1, 0.15) is 46.1 Å². The van der Waals surface area contributed by atoms with Gasteiger partial charge in [-0.25, -0.2) is 0 Å². The van der Waals surface area contributed by atoms with Gasteiger partial charge in [-0.1, -0.05) is 61.2 Å². The van der Waals surface area contributed by atoms with Crippen molar-refractivity contribution in [2.45, 2.75) is 64.0 Å². The molecule has 2 rings (SSSR count). The van der Waals surface area contributed by atoms with E-state index in [2.05, 4.69) is 29.1 Å². The van der Waals surface area contributed by atoms with Crippen LogP contribution in [0, 0.1) is 0 Å². The average Bonchev–Trinajstić information content (AvgIpc) is 2.68. The van der Waals surface area contributed by atoms with Gasteiger partial charge in [-0.15, -0.1) is 4.31 Å². The highest BCUT2D eigenvalue weighted by Gasteiger charge is 2.43. The first kappa shape index (κ1) is 22.5. The Labute approximate surface area is 173 Å². The first-order chi connectivity index (χ1) is 13.4. The van der Waals surface area contributed by atoms with Crippen LogP contribution in [0.2, 0.25) is 0 Å². The summed E-state index contributed by atoms with van der Waals surface area (Å²) in [5, 5.41) is 0. The number of rotatable bonds is 8. The molecule has 1 aliphatic heterocycles. The van der Waals surface area contributed by atoms with E-state index in [1.54, 1.807) is 12.3 Å². The van der Waals surface area contributed by atoms with Gasteiger partial charge in [-0.2, -0.15) is 0 Å². The van der Waals surface area contributed by atoms with Gasteiger partial charge >= 0.3 is 0 Å². The topological polar surface area (TPSA) is 35.5 Å². The normalized spacial score (nSPS) is 20.2. The second kappa shape index (κ2) is 10.7. The SMILES string of the molecule is C=C/C=C(\C=C/C)[C@H]([C@@H]1CCC=CO1)N(Cc1ccccc1)[S@+]([O-])C(C)(C)C. The summed E-state index contributed by atoms with van der Waals surface area (Å²) in [7, 11) is 0. The van der Waals surface area contributed by atoms with E-state index in [4.69, 9.17) is 4.74 Å². The Morgan fingerprint density at radius 2 is 2.07 bits per heavy atom. The first-order valence-electron chi connectivity index (χ1n) is 9.86. The maximum absolute atomic E-state index is 13.7. The maximum Gasteiger partial charge on any atom is 0.137 e. The van der Waals surface area contributed by atoms with Crippen molar-refractivity contribution in [1.29, 1.82) is 0 Å². The van der Waals surface area contributed by atoms with Gasteiger partial charge in [-0.3, -0.25) is 0 Å². The third kappa shape index (κ3) is 6.13. The van der Waals surface area contributed by atoms with Crippen molar-refractivity contribution in [2.24, 2.45) is 0 Å². The van der Waals surface area contributed by atoms with Crippen LogP contribution in [-0.4, -0.2) is 25.8 Å². The minimum absolute atomic E-state index is 0.0672. The van der Waals surface area contributed by atoms with Crippen LogP contribution in [-0.2, 0) is 22.6 Å². The van der Waals surface area contributed by atoms with E-state index < -0.39 is 11.4 Å². The second-order valence-electron chi connectivity index (χ2n) is 7.89. The van der Waals surface area contributed by atoms with Crippen LogP contribution in [0.4, 0.5) is 0 Å². The molecular formula is C24H33NO2S. The fourth-order valence-electron chi connectivity index (χ4n) is 3.31. The zero-order valence-corrected chi connectivity index (χ0v) is 18.3. The molecule has 0 unspecified atom stereocenters. The zero-order chi connectivity index (χ0) is 20.6. The standard InChI is InChI=1S/C24H33NO2S/c1-6-13-21(14-7-2)23(22-17-11-12-18-27-22)25(28(26)24(3,4)5)19-20-15-9-8-10-16-20/h6-10,12-16,18,22-23H,1,11,17,19H2,2-5H3/b14-7-,21-13+/t22-,23+,28+/m0/s1. The fraction of sp³-hybridized carbons (Fsp3) is 0.417. The molecule has 0 fully saturated rings. The van der Waals surface area contributed by atoms with E-state index in [0.29, 0.717) is 6.54 Å². The highest BCUT2D eigenvalue weighted by molar-refractivity contribution is 7.90. The summed E-state index contributed by atoms with van der Waals surface area (Å²) in [6.07, 6.45) is 13.5. The van der Waals surface area contributed by atoms with Crippen molar-refractivity contribution in [3.63, 3.8) is 0 Å². The zero-order valence-electron chi connectivity index (χ0n) is 17.5. The summed E-state index contributed by atoms with van der Waals surface area (Å²) >= 11 is -1.21. The molecule has 1 aliphatic rings.